The zero-order valence-electron chi connectivity index (χ0n) is 11.0. The predicted molar refractivity (Wildman–Crippen MR) is 70.5 cm³/mol. The lowest BCUT2D eigenvalue weighted by molar-refractivity contribution is -0.107. The number of halogens is 1. The average molecular weight is 296 g/mol. The van der Waals surface area contributed by atoms with Gasteiger partial charge in [-0.3, -0.25) is 0 Å². The summed E-state index contributed by atoms with van der Waals surface area (Å²) in [5, 5.41) is 0. The molecule has 0 aliphatic rings. The van der Waals surface area contributed by atoms with Crippen LogP contribution in [-0.2, 0) is 21.2 Å². The second kappa shape index (κ2) is 5.16. The van der Waals surface area contributed by atoms with Gasteiger partial charge >= 0.3 is 0 Å². The van der Waals surface area contributed by atoms with E-state index in [9.17, 15) is 17.6 Å². The minimum absolute atomic E-state index is 0.0140. The van der Waals surface area contributed by atoms with E-state index < -0.39 is 16.0 Å². The van der Waals surface area contributed by atoms with E-state index in [0.717, 1.165) is 9.54 Å². The number of imidazole rings is 1. The van der Waals surface area contributed by atoms with Crippen LogP contribution in [0.5, 0.6) is 0 Å². The molecule has 1 heterocycles. The van der Waals surface area contributed by atoms with Gasteiger partial charge in [0.15, 0.2) is 0 Å². The molecule has 5 nitrogen and oxygen atoms in total. The molecule has 0 unspecified atom stereocenters. The largest absolute Gasteiger partial charge is 0.303 e. The Kier molecular flexibility index (Phi) is 3.71. The van der Waals surface area contributed by atoms with E-state index in [1.807, 2.05) is 6.92 Å². The molecule has 0 amide bonds. The highest BCUT2D eigenvalue weighted by molar-refractivity contribution is 7.90. The summed E-state index contributed by atoms with van der Waals surface area (Å²) in [5.74, 6) is -0.954. The number of hydrogen-bond donors (Lipinski definition) is 0. The van der Waals surface area contributed by atoms with Crippen molar-refractivity contribution in [3.05, 3.63) is 47.3 Å². The van der Waals surface area contributed by atoms with Gasteiger partial charge in [-0.15, -0.1) is 0 Å². The van der Waals surface area contributed by atoms with Gasteiger partial charge in [0.25, 0.3) is 10.0 Å². The number of aldehydes is 1. The Morgan fingerprint density at radius 2 is 1.85 bits per heavy atom. The first-order valence-corrected chi connectivity index (χ1v) is 7.31. The van der Waals surface area contributed by atoms with E-state index in [1.54, 1.807) is 12.1 Å². The monoisotopic (exact) mass is 296 g/mol. The van der Waals surface area contributed by atoms with E-state index in [2.05, 4.69) is 4.98 Å². The molecule has 7 heteroatoms. The molecular formula is C13H13FN2O3S. The Morgan fingerprint density at radius 1 is 1.25 bits per heavy atom. The number of benzene rings is 1. The zero-order chi connectivity index (χ0) is 14.9. The summed E-state index contributed by atoms with van der Waals surface area (Å²) in [6.45, 7) is 3.21. The first-order valence-electron chi connectivity index (χ1n) is 5.87. The number of carbonyl (C=O) groups is 1. The van der Waals surface area contributed by atoms with Crippen molar-refractivity contribution in [2.75, 3.05) is 0 Å². The fourth-order valence-corrected chi connectivity index (χ4v) is 3.43. The first-order chi connectivity index (χ1) is 9.37. The smallest absolute Gasteiger partial charge is 0.269 e. The van der Waals surface area contributed by atoms with Gasteiger partial charge in [0, 0.05) is 6.42 Å². The zero-order valence-corrected chi connectivity index (χ0v) is 11.8. The molecule has 0 aliphatic carbocycles. The van der Waals surface area contributed by atoms with E-state index in [4.69, 9.17) is 0 Å². The van der Waals surface area contributed by atoms with Gasteiger partial charge in [-0.1, -0.05) is 17.7 Å². The Hall–Kier alpha value is -2.02. The summed E-state index contributed by atoms with van der Waals surface area (Å²) < 4.78 is 39.4. The van der Waals surface area contributed by atoms with Crippen molar-refractivity contribution in [1.82, 2.24) is 8.96 Å². The van der Waals surface area contributed by atoms with Gasteiger partial charge in [0.1, 0.15) is 12.1 Å². The van der Waals surface area contributed by atoms with Crippen LogP contribution in [0.15, 0.2) is 29.2 Å². The minimum Gasteiger partial charge on any atom is -0.303 e. The van der Waals surface area contributed by atoms with Gasteiger partial charge in [-0.05, 0) is 26.0 Å². The molecule has 1 aromatic heterocycles. The van der Waals surface area contributed by atoms with E-state index in [0.29, 0.717) is 6.29 Å². The second-order valence-electron chi connectivity index (χ2n) is 4.35. The highest BCUT2D eigenvalue weighted by Crippen LogP contribution is 2.20. The number of aryl methyl sites for hydroxylation is 2. The number of carbonyl (C=O) groups excluding carboxylic acids is 1. The van der Waals surface area contributed by atoms with Crippen LogP contribution in [0.1, 0.15) is 17.1 Å². The molecule has 0 bridgehead atoms. The molecule has 2 aromatic rings. The third kappa shape index (κ3) is 2.36. The fourth-order valence-electron chi connectivity index (χ4n) is 1.91. The Morgan fingerprint density at radius 3 is 2.40 bits per heavy atom. The number of hydrogen-bond acceptors (Lipinski definition) is 4. The molecule has 0 aliphatic heterocycles. The van der Waals surface area contributed by atoms with Crippen molar-refractivity contribution < 1.29 is 17.6 Å². The molecule has 0 N–H and O–H groups in total. The lowest BCUT2D eigenvalue weighted by Gasteiger charge is -2.10. The van der Waals surface area contributed by atoms with Gasteiger partial charge in [-0.2, -0.15) is 4.39 Å². The van der Waals surface area contributed by atoms with Crippen LogP contribution in [0.4, 0.5) is 4.39 Å². The van der Waals surface area contributed by atoms with E-state index in [-0.39, 0.29) is 22.8 Å². The van der Waals surface area contributed by atoms with Crippen LogP contribution in [-0.4, -0.2) is 23.7 Å². The molecule has 1 aromatic carbocycles. The van der Waals surface area contributed by atoms with Crippen LogP contribution < -0.4 is 0 Å². The molecule has 0 saturated heterocycles. The highest BCUT2D eigenvalue weighted by atomic mass is 32.2. The topological polar surface area (TPSA) is 69.0 Å². The van der Waals surface area contributed by atoms with Gasteiger partial charge < -0.3 is 4.79 Å². The van der Waals surface area contributed by atoms with Crippen molar-refractivity contribution in [2.45, 2.75) is 25.2 Å². The van der Waals surface area contributed by atoms with Crippen molar-refractivity contribution in [1.29, 1.82) is 0 Å². The van der Waals surface area contributed by atoms with Crippen molar-refractivity contribution in [2.24, 2.45) is 0 Å². The normalized spacial score (nSPS) is 11.6. The minimum atomic E-state index is -3.96. The summed E-state index contributed by atoms with van der Waals surface area (Å²) >= 11 is 0. The predicted octanol–water partition coefficient (Wildman–Crippen LogP) is 1.62. The molecule has 0 atom stereocenters. The van der Waals surface area contributed by atoms with Crippen LogP contribution in [0, 0.1) is 19.8 Å². The lowest BCUT2D eigenvalue weighted by atomic mass is 10.2. The van der Waals surface area contributed by atoms with Crippen molar-refractivity contribution >= 4 is 16.3 Å². The highest BCUT2D eigenvalue weighted by Gasteiger charge is 2.25. The molecule has 0 fully saturated rings. The maximum absolute atomic E-state index is 13.6. The third-order valence-electron chi connectivity index (χ3n) is 2.87. The quantitative estimate of drug-likeness (QED) is 0.804. The van der Waals surface area contributed by atoms with Gasteiger partial charge in [-0.25, -0.2) is 17.4 Å². The SMILES string of the molecule is Cc1ccc(S(=O)(=O)n2c(C)nc(F)c2CC=O)cc1. The summed E-state index contributed by atoms with van der Waals surface area (Å²) in [4.78, 5) is 14.1. The maximum Gasteiger partial charge on any atom is 0.269 e. The number of rotatable bonds is 4. The second-order valence-corrected chi connectivity index (χ2v) is 6.14. The van der Waals surface area contributed by atoms with Gasteiger partial charge in [0.2, 0.25) is 5.95 Å². The van der Waals surface area contributed by atoms with Crippen LogP contribution in [0.3, 0.4) is 0 Å². The summed E-state index contributed by atoms with van der Waals surface area (Å²) in [6, 6.07) is 6.17. The third-order valence-corrected chi connectivity index (χ3v) is 4.71. The standard InChI is InChI=1S/C13H13FN2O3S/c1-9-3-5-11(6-4-9)20(18,19)16-10(2)15-13(14)12(16)7-8-17/h3-6,8H,7H2,1-2H3. The van der Waals surface area contributed by atoms with Crippen molar-refractivity contribution in [3.63, 3.8) is 0 Å². The lowest BCUT2D eigenvalue weighted by Crippen LogP contribution is -2.18. The summed E-state index contributed by atoms with van der Waals surface area (Å²) in [7, 11) is -3.96. The van der Waals surface area contributed by atoms with Gasteiger partial charge in [0.05, 0.1) is 10.6 Å². The average Bonchev–Trinajstić information content (AvgIpc) is 2.66. The Labute approximate surface area is 116 Å². The van der Waals surface area contributed by atoms with E-state index >= 15 is 0 Å². The summed E-state index contributed by atoms with van der Waals surface area (Å²) in [6.07, 6.45) is 0.0957. The Bertz CT molecular complexity index is 749. The number of aromatic nitrogens is 2. The van der Waals surface area contributed by atoms with Crippen LogP contribution in [0.25, 0.3) is 0 Å². The summed E-state index contributed by atoms with van der Waals surface area (Å²) in [5.41, 5.74) is 0.656. The number of nitrogens with zero attached hydrogens (tertiary/aromatic N) is 2. The molecule has 106 valence electrons. The molecule has 0 radical (unpaired) electrons. The molecule has 20 heavy (non-hydrogen) atoms. The maximum atomic E-state index is 13.6. The molecule has 0 saturated carbocycles. The molecule has 2 rings (SSSR count). The fraction of sp³-hybridized carbons (Fsp3) is 0.231. The Balaban J connectivity index is 2.66. The van der Waals surface area contributed by atoms with Crippen LogP contribution in [0.2, 0.25) is 0 Å². The first kappa shape index (κ1) is 14.4. The van der Waals surface area contributed by atoms with Crippen molar-refractivity contribution in [3.8, 4) is 0 Å². The molecule has 0 spiro atoms. The van der Waals surface area contributed by atoms with E-state index in [1.165, 1.54) is 19.1 Å². The van der Waals surface area contributed by atoms with Crippen LogP contribution >= 0.6 is 0 Å². The molecular weight excluding hydrogens is 283 g/mol.